The van der Waals surface area contributed by atoms with E-state index in [1.807, 2.05) is 18.2 Å². The molecule has 0 saturated heterocycles. The van der Waals surface area contributed by atoms with Gasteiger partial charge in [0, 0.05) is 20.1 Å². The van der Waals surface area contributed by atoms with Crippen LogP contribution in [0.25, 0.3) is 0 Å². The first-order chi connectivity index (χ1) is 12.6. The molecule has 6 nitrogen and oxygen atoms in total. The highest BCUT2D eigenvalue weighted by Gasteiger charge is 2.14. The van der Waals surface area contributed by atoms with Crippen LogP contribution in [-0.4, -0.2) is 38.3 Å². The van der Waals surface area contributed by atoms with Crippen LogP contribution in [0.3, 0.4) is 0 Å². The van der Waals surface area contributed by atoms with E-state index in [1.165, 1.54) is 18.1 Å². The summed E-state index contributed by atoms with van der Waals surface area (Å²) in [5, 5.41) is 2.84. The molecule has 1 aliphatic rings. The minimum atomic E-state index is -0.449. The Labute approximate surface area is 151 Å². The van der Waals surface area contributed by atoms with E-state index < -0.39 is 5.82 Å². The molecule has 1 N–H and O–H groups in total. The van der Waals surface area contributed by atoms with Crippen molar-refractivity contribution >= 4 is 6.03 Å². The molecule has 2 aromatic carbocycles. The van der Waals surface area contributed by atoms with Gasteiger partial charge in [0.05, 0.1) is 7.11 Å². The number of hydrogen-bond donors (Lipinski definition) is 1. The first-order valence-electron chi connectivity index (χ1n) is 8.26. The zero-order valence-corrected chi connectivity index (χ0v) is 14.8. The number of carbonyl (C=O) groups excluding carboxylic acids is 1. The monoisotopic (exact) mass is 360 g/mol. The van der Waals surface area contributed by atoms with Gasteiger partial charge in [0.2, 0.25) is 0 Å². The smallest absolute Gasteiger partial charge is 0.317 e. The number of hydrogen-bond acceptors (Lipinski definition) is 4. The lowest BCUT2D eigenvalue weighted by molar-refractivity contribution is 0.171. The molecule has 2 aromatic rings. The van der Waals surface area contributed by atoms with Gasteiger partial charge in [-0.3, -0.25) is 0 Å². The third-order valence-electron chi connectivity index (χ3n) is 4.03. The Hall–Kier alpha value is -2.96. The highest BCUT2D eigenvalue weighted by atomic mass is 19.1. The molecule has 0 spiro atoms. The van der Waals surface area contributed by atoms with Gasteiger partial charge in [-0.1, -0.05) is 12.1 Å². The molecule has 0 saturated carbocycles. The minimum Gasteiger partial charge on any atom is -0.494 e. The lowest BCUT2D eigenvalue weighted by Crippen LogP contribution is -2.36. The van der Waals surface area contributed by atoms with Crippen molar-refractivity contribution in [2.75, 3.05) is 27.4 Å². The second-order valence-electron chi connectivity index (χ2n) is 5.96. The second-order valence-corrected chi connectivity index (χ2v) is 5.96. The zero-order chi connectivity index (χ0) is 18.5. The number of fused-ring (bicyclic) bond motifs is 1. The molecule has 0 aromatic heterocycles. The number of halogens is 1. The molecule has 2 amide bonds. The van der Waals surface area contributed by atoms with Crippen LogP contribution in [0.15, 0.2) is 36.4 Å². The first-order valence-corrected chi connectivity index (χ1v) is 8.26. The number of ether oxygens (including phenoxy) is 3. The van der Waals surface area contributed by atoms with Crippen LogP contribution in [0.5, 0.6) is 17.2 Å². The number of amides is 2. The van der Waals surface area contributed by atoms with Gasteiger partial charge in [-0.25, -0.2) is 9.18 Å². The second kappa shape index (κ2) is 7.95. The molecule has 0 unspecified atom stereocenters. The van der Waals surface area contributed by atoms with Crippen LogP contribution in [0.4, 0.5) is 9.18 Å². The molecule has 0 fully saturated rings. The molecule has 138 valence electrons. The van der Waals surface area contributed by atoms with E-state index in [4.69, 9.17) is 14.2 Å². The predicted molar refractivity (Wildman–Crippen MR) is 94.1 cm³/mol. The normalized spacial score (nSPS) is 12.4. The molecule has 26 heavy (non-hydrogen) atoms. The van der Waals surface area contributed by atoms with Crippen molar-refractivity contribution in [2.45, 2.75) is 13.1 Å². The average Bonchev–Trinajstić information content (AvgIpc) is 2.66. The van der Waals surface area contributed by atoms with Gasteiger partial charge in [-0.05, 0) is 35.4 Å². The number of nitrogens with one attached hydrogen (secondary N) is 1. The van der Waals surface area contributed by atoms with Gasteiger partial charge in [-0.2, -0.15) is 0 Å². The third-order valence-corrected chi connectivity index (χ3v) is 4.03. The Morgan fingerprint density at radius 2 is 1.88 bits per heavy atom. The summed E-state index contributed by atoms with van der Waals surface area (Å²) in [5.41, 5.74) is 1.59. The Balaban J connectivity index is 1.55. The number of nitrogens with zero attached hydrogens (tertiary/aromatic N) is 1. The van der Waals surface area contributed by atoms with Crippen LogP contribution >= 0.6 is 0 Å². The molecule has 0 atom stereocenters. The summed E-state index contributed by atoms with van der Waals surface area (Å²) in [5.74, 6) is 1.13. The van der Waals surface area contributed by atoms with Gasteiger partial charge < -0.3 is 24.4 Å². The van der Waals surface area contributed by atoms with Crippen LogP contribution in [0, 0.1) is 5.82 Å². The summed E-state index contributed by atoms with van der Waals surface area (Å²) in [7, 11) is 3.07. The molecular formula is C19H21FN2O4. The van der Waals surface area contributed by atoms with E-state index in [1.54, 1.807) is 19.2 Å². The average molecular weight is 360 g/mol. The Morgan fingerprint density at radius 3 is 2.62 bits per heavy atom. The topological polar surface area (TPSA) is 60.0 Å². The molecule has 7 heteroatoms. The quantitative estimate of drug-likeness (QED) is 0.891. The fraction of sp³-hybridized carbons (Fsp3) is 0.316. The molecule has 3 rings (SSSR count). The molecule has 0 radical (unpaired) electrons. The van der Waals surface area contributed by atoms with Gasteiger partial charge in [0.15, 0.2) is 23.1 Å². The molecule has 0 aliphatic carbocycles. The number of benzene rings is 2. The molecular weight excluding hydrogens is 339 g/mol. The first kappa shape index (κ1) is 17.8. The summed E-state index contributed by atoms with van der Waals surface area (Å²) in [6.45, 7) is 1.70. The number of rotatable bonds is 5. The lowest BCUT2D eigenvalue weighted by atomic mass is 10.2. The van der Waals surface area contributed by atoms with E-state index >= 15 is 0 Å². The maximum Gasteiger partial charge on any atom is 0.317 e. The van der Waals surface area contributed by atoms with E-state index in [2.05, 4.69) is 5.32 Å². The van der Waals surface area contributed by atoms with Crippen molar-refractivity contribution in [2.24, 2.45) is 0 Å². The summed E-state index contributed by atoms with van der Waals surface area (Å²) in [6.07, 6.45) is 0. The summed E-state index contributed by atoms with van der Waals surface area (Å²) >= 11 is 0. The highest BCUT2D eigenvalue weighted by Crippen LogP contribution is 2.30. The number of urea groups is 1. The number of methoxy groups -OCH3 is 1. The van der Waals surface area contributed by atoms with Gasteiger partial charge >= 0.3 is 6.03 Å². The van der Waals surface area contributed by atoms with E-state index in [0.717, 1.165) is 5.56 Å². The van der Waals surface area contributed by atoms with Crippen LogP contribution in [0.1, 0.15) is 11.1 Å². The van der Waals surface area contributed by atoms with Gasteiger partial charge in [0.25, 0.3) is 0 Å². The van der Waals surface area contributed by atoms with Crippen LogP contribution < -0.4 is 19.5 Å². The fourth-order valence-corrected chi connectivity index (χ4v) is 2.66. The van der Waals surface area contributed by atoms with Gasteiger partial charge in [-0.15, -0.1) is 0 Å². The SMILES string of the molecule is COc1ccc(CN(C)C(=O)NCc2ccc3c(c2)OCCO3)cc1F. The lowest BCUT2D eigenvalue weighted by Gasteiger charge is -2.20. The van der Waals surface area contributed by atoms with E-state index in [-0.39, 0.29) is 18.3 Å². The predicted octanol–water partition coefficient (Wildman–Crippen LogP) is 2.95. The molecule has 1 heterocycles. The Bertz CT molecular complexity index is 797. The summed E-state index contributed by atoms with van der Waals surface area (Å²) in [6, 6.07) is 9.96. The van der Waals surface area contributed by atoms with Crippen molar-refractivity contribution in [1.82, 2.24) is 10.2 Å². The van der Waals surface area contributed by atoms with Crippen molar-refractivity contribution < 1.29 is 23.4 Å². The minimum absolute atomic E-state index is 0.180. The Kier molecular flexibility index (Phi) is 5.46. The van der Waals surface area contributed by atoms with Crippen LogP contribution in [0.2, 0.25) is 0 Å². The van der Waals surface area contributed by atoms with E-state index in [0.29, 0.717) is 36.8 Å². The van der Waals surface area contributed by atoms with Crippen molar-refractivity contribution in [3.63, 3.8) is 0 Å². The maximum atomic E-state index is 13.7. The van der Waals surface area contributed by atoms with Crippen LogP contribution in [-0.2, 0) is 13.1 Å². The van der Waals surface area contributed by atoms with E-state index in [9.17, 15) is 9.18 Å². The number of carbonyl (C=O) groups is 1. The maximum absolute atomic E-state index is 13.7. The molecule has 0 bridgehead atoms. The largest absolute Gasteiger partial charge is 0.494 e. The zero-order valence-electron chi connectivity index (χ0n) is 14.8. The summed E-state index contributed by atoms with van der Waals surface area (Å²) < 4.78 is 29.6. The molecule has 1 aliphatic heterocycles. The summed E-state index contributed by atoms with van der Waals surface area (Å²) in [4.78, 5) is 13.7. The standard InChI is InChI=1S/C19H21FN2O4/c1-22(12-14-4-5-16(24-2)15(20)9-14)19(23)21-11-13-3-6-17-18(10-13)26-8-7-25-17/h3-6,9-10H,7-8,11-12H2,1-2H3,(H,21,23). The highest BCUT2D eigenvalue weighted by molar-refractivity contribution is 5.73. The van der Waals surface area contributed by atoms with Crippen molar-refractivity contribution in [3.8, 4) is 17.2 Å². The van der Waals surface area contributed by atoms with Crippen molar-refractivity contribution in [1.29, 1.82) is 0 Å². The Morgan fingerprint density at radius 1 is 1.15 bits per heavy atom. The fourth-order valence-electron chi connectivity index (χ4n) is 2.66. The van der Waals surface area contributed by atoms with Crippen molar-refractivity contribution in [3.05, 3.63) is 53.3 Å². The van der Waals surface area contributed by atoms with Gasteiger partial charge in [0.1, 0.15) is 13.2 Å². The third kappa shape index (κ3) is 4.17.